The molecule has 0 heterocycles. The van der Waals surface area contributed by atoms with Gasteiger partial charge in [-0.05, 0) is 42.3 Å². The highest BCUT2D eigenvalue weighted by atomic mass is 32.2. The van der Waals surface area contributed by atoms with Gasteiger partial charge < -0.3 is 4.90 Å². The summed E-state index contributed by atoms with van der Waals surface area (Å²) in [6.07, 6.45) is 0. The molecule has 2 aromatic carbocycles. The molecule has 0 aromatic heterocycles. The van der Waals surface area contributed by atoms with Crippen molar-refractivity contribution in [3.8, 4) is 6.07 Å². The third kappa shape index (κ3) is 4.58. The van der Waals surface area contributed by atoms with Crippen LogP contribution in [-0.2, 0) is 16.6 Å². The highest BCUT2D eigenvalue weighted by molar-refractivity contribution is 7.89. The standard InChI is InChI=1S/C21H25N3O3S/c1-5-24(6-2)28(26,27)19-11-10-16(3)20(13-19)21(25)23(4)15-18-9-7-8-17(12-18)14-22/h7-13H,5-6,15H2,1-4H3. The lowest BCUT2D eigenvalue weighted by molar-refractivity contribution is 0.0784. The molecule has 0 saturated heterocycles. The maximum atomic E-state index is 13.0. The summed E-state index contributed by atoms with van der Waals surface area (Å²) < 4.78 is 26.9. The first-order chi connectivity index (χ1) is 13.2. The minimum atomic E-state index is -3.64. The molecule has 0 bridgehead atoms. The second kappa shape index (κ2) is 9.00. The number of hydrogen-bond acceptors (Lipinski definition) is 4. The number of hydrogen-bond donors (Lipinski definition) is 0. The Morgan fingerprint density at radius 1 is 1.11 bits per heavy atom. The maximum Gasteiger partial charge on any atom is 0.254 e. The number of nitriles is 1. The zero-order valence-corrected chi connectivity index (χ0v) is 17.5. The second-order valence-corrected chi connectivity index (χ2v) is 8.48. The van der Waals surface area contributed by atoms with Gasteiger partial charge in [-0.1, -0.05) is 32.0 Å². The zero-order chi connectivity index (χ0) is 20.9. The molecule has 0 saturated carbocycles. The summed E-state index contributed by atoms with van der Waals surface area (Å²) in [5.41, 5.74) is 2.43. The van der Waals surface area contributed by atoms with E-state index < -0.39 is 10.0 Å². The molecule has 0 spiro atoms. The van der Waals surface area contributed by atoms with E-state index in [-0.39, 0.29) is 10.8 Å². The largest absolute Gasteiger partial charge is 0.337 e. The van der Waals surface area contributed by atoms with Crippen LogP contribution < -0.4 is 0 Å². The average Bonchev–Trinajstić information content (AvgIpc) is 2.68. The van der Waals surface area contributed by atoms with Crippen LogP contribution in [0.15, 0.2) is 47.4 Å². The summed E-state index contributed by atoms with van der Waals surface area (Å²) in [4.78, 5) is 14.6. The molecular weight excluding hydrogens is 374 g/mol. The monoisotopic (exact) mass is 399 g/mol. The molecule has 0 fully saturated rings. The number of aryl methyl sites for hydroxylation is 1. The van der Waals surface area contributed by atoms with E-state index >= 15 is 0 Å². The fourth-order valence-electron chi connectivity index (χ4n) is 3.00. The molecule has 0 unspecified atom stereocenters. The fraction of sp³-hybridized carbons (Fsp3) is 0.333. The van der Waals surface area contributed by atoms with Gasteiger partial charge in [-0.25, -0.2) is 8.42 Å². The molecular formula is C21H25N3O3S. The molecule has 1 amide bonds. The molecule has 7 heteroatoms. The third-order valence-corrected chi connectivity index (χ3v) is 6.65. The van der Waals surface area contributed by atoms with Crippen molar-refractivity contribution in [1.29, 1.82) is 5.26 Å². The van der Waals surface area contributed by atoms with E-state index in [1.807, 2.05) is 6.07 Å². The van der Waals surface area contributed by atoms with Crippen LogP contribution in [0.4, 0.5) is 0 Å². The van der Waals surface area contributed by atoms with E-state index in [1.165, 1.54) is 21.3 Å². The third-order valence-electron chi connectivity index (χ3n) is 4.61. The summed E-state index contributed by atoms with van der Waals surface area (Å²) >= 11 is 0. The van der Waals surface area contributed by atoms with Crippen LogP contribution in [0.1, 0.15) is 40.9 Å². The summed E-state index contributed by atoms with van der Waals surface area (Å²) in [5, 5.41) is 9.02. The SMILES string of the molecule is CCN(CC)S(=O)(=O)c1ccc(C)c(C(=O)N(C)Cc2cccc(C#N)c2)c1. The fourth-order valence-corrected chi connectivity index (χ4v) is 4.48. The van der Waals surface area contributed by atoms with Crippen molar-refractivity contribution in [3.05, 3.63) is 64.7 Å². The minimum absolute atomic E-state index is 0.116. The van der Waals surface area contributed by atoms with Gasteiger partial charge in [0.1, 0.15) is 0 Å². The molecule has 0 aliphatic carbocycles. The van der Waals surface area contributed by atoms with Crippen LogP contribution in [0.2, 0.25) is 0 Å². The number of carbonyl (C=O) groups is 1. The Hall–Kier alpha value is -2.69. The second-order valence-electron chi connectivity index (χ2n) is 6.54. The Bertz CT molecular complexity index is 1010. The summed E-state index contributed by atoms with van der Waals surface area (Å²) in [6, 6.07) is 13.8. The van der Waals surface area contributed by atoms with E-state index in [2.05, 4.69) is 6.07 Å². The van der Waals surface area contributed by atoms with Gasteiger partial charge in [0.05, 0.1) is 16.5 Å². The summed E-state index contributed by atoms with van der Waals surface area (Å²) in [6.45, 7) is 6.40. The first kappa shape index (κ1) is 21.6. The maximum absolute atomic E-state index is 13.0. The molecule has 0 atom stereocenters. The van der Waals surface area contributed by atoms with E-state index in [9.17, 15) is 13.2 Å². The predicted molar refractivity (Wildman–Crippen MR) is 108 cm³/mol. The van der Waals surface area contributed by atoms with Gasteiger partial charge in [-0.15, -0.1) is 0 Å². The van der Waals surface area contributed by atoms with Crippen LogP contribution in [-0.4, -0.2) is 43.7 Å². The molecule has 28 heavy (non-hydrogen) atoms. The van der Waals surface area contributed by atoms with Crippen molar-refractivity contribution in [2.24, 2.45) is 0 Å². The van der Waals surface area contributed by atoms with Gasteiger partial charge in [0.15, 0.2) is 0 Å². The van der Waals surface area contributed by atoms with E-state index in [4.69, 9.17) is 5.26 Å². The molecule has 2 aromatic rings. The molecule has 0 aliphatic rings. The molecule has 6 nitrogen and oxygen atoms in total. The summed E-state index contributed by atoms with van der Waals surface area (Å²) in [7, 11) is -1.98. The highest BCUT2D eigenvalue weighted by Gasteiger charge is 2.24. The molecule has 0 N–H and O–H groups in total. The number of carbonyl (C=O) groups excluding carboxylic acids is 1. The van der Waals surface area contributed by atoms with Gasteiger partial charge in [0, 0.05) is 32.2 Å². The molecule has 0 aliphatic heterocycles. The zero-order valence-electron chi connectivity index (χ0n) is 16.6. The van der Waals surface area contributed by atoms with Crippen LogP contribution in [0.5, 0.6) is 0 Å². The first-order valence-corrected chi connectivity index (χ1v) is 10.5. The normalized spacial score (nSPS) is 11.3. The topological polar surface area (TPSA) is 81.5 Å². The van der Waals surface area contributed by atoms with Crippen molar-refractivity contribution in [3.63, 3.8) is 0 Å². The quantitative estimate of drug-likeness (QED) is 0.716. The molecule has 2 rings (SSSR count). The van der Waals surface area contributed by atoms with Crippen LogP contribution >= 0.6 is 0 Å². The van der Waals surface area contributed by atoms with Crippen molar-refractivity contribution in [1.82, 2.24) is 9.21 Å². The first-order valence-electron chi connectivity index (χ1n) is 9.09. The predicted octanol–water partition coefficient (Wildman–Crippen LogP) is 3.17. The van der Waals surface area contributed by atoms with Crippen molar-refractivity contribution >= 4 is 15.9 Å². The smallest absolute Gasteiger partial charge is 0.254 e. The number of benzene rings is 2. The Morgan fingerprint density at radius 3 is 2.39 bits per heavy atom. The van der Waals surface area contributed by atoms with Gasteiger partial charge in [0.25, 0.3) is 5.91 Å². The van der Waals surface area contributed by atoms with Crippen LogP contribution in [0.25, 0.3) is 0 Å². The lowest BCUT2D eigenvalue weighted by Crippen LogP contribution is -2.31. The van der Waals surface area contributed by atoms with Crippen molar-refractivity contribution < 1.29 is 13.2 Å². The summed E-state index contributed by atoms with van der Waals surface area (Å²) in [5.74, 6) is -0.267. The molecule has 148 valence electrons. The van der Waals surface area contributed by atoms with E-state index in [1.54, 1.807) is 52.1 Å². The lowest BCUT2D eigenvalue weighted by Gasteiger charge is -2.21. The number of rotatable bonds is 7. The number of amides is 1. The molecule has 0 radical (unpaired) electrons. The Balaban J connectivity index is 2.33. The van der Waals surface area contributed by atoms with Crippen molar-refractivity contribution in [2.75, 3.05) is 20.1 Å². The van der Waals surface area contributed by atoms with Crippen molar-refractivity contribution in [2.45, 2.75) is 32.2 Å². The number of nitrogens with zero attached hydrogens (tertiary/aromatic N) is 3. The van der Waals surface area contributed by atoms with Gasteiger partial charge in [-0.2, -0.15) is 9.57 Å². The van der Waals surface area contributed by atoms with Crippen LogP contribution in [0, 0.1) is 18.3 Å². The van der Waals surface area contributed by atoms with E-state index in [0.717, 1.165) is 5.56 Å². The minimum Gasteiger partial charge on any atom is -0.337 e. The highest BCUT2D eigenvalue weighted by Crippen LogP contribution is 2.21. The van der Waals surface area contributed by atoms with E-state index in [0.29, 0.717) is 36.3 Å². The van der Waals surface area contributed by atoms with Crippen LogP contribution in [0.3, 0.4) is 0 Å². The Morgan fingerprint density at radius 2 is 1.79 bits per heavy atom. The van der Waals surface area contributed by atoms with Gasteiger partial charge in [-0.3, -0.25) is 4.79 Å². The Kier molecular flexibility index (Phi) is 6.95. The Labute approximate surface area is 167 Å². The number of sulfonamides is 1. The average molecular weight is 400 g/mol. The van der Waals surface area contributed by atoms with Gasteiger partial charge in [0.2, 0.25) is 10.0 Å². The lowest BCUT2D eigenvalue weighted by atomic mass is 10.1. The van der Waals surface area contributed by atoms with Gasteiger partial charge >= 0.3 is 0 Å².